The summed E-state index contributed by atoms with van der Waals surface area (Å²) in [4.78, 5) is 40.4. The molecule has 6 rings (SSSR count). The second-order valence-corrected chi connectivity index (χ2v) is 9.84. The molecule has 12 heteroatoms. The lowest BCUT2D eigenvalue weighted by molar-refractivity contribution is -0.129. The summed E-state index contributed by atoms with van der Waals surface area (Å²) in [5.74, 6) is -2.15. The lowest BCUT2D eigenvalue weighted by Gasteiger charge is -2.22. The molecule has 2 N–H and O–H groups in total. The van der Waals surface area contributed by atoms with Crippen molar-refractivity contribution in [3.05, 3.63) is 82.9 Å². The summed E-state index contributed by atoms with van der Waals surface area (Å²) >= 11 is 0. The van der Waals surface area contributed by atoms with Crippen molar-refractivity contribution >= 4 is 17.7 Å². The largest absolute Gasteiger partial charge is 0.493 e. The van der Waals surface area contributed by atoms with Crippen molar-refractivity contribution in [2.24, 2.45) is 0 Å². The highest BCUT2D eigenvalue weighted by molar-refractivity contribution is 5.95. The van der Waals surface area contributed by atoms with E-state index in [0.29, 0.717) is 17.2 Å². The molecule has 3 amide bonds. The third kappa shape index (κ3) is 6.22. The summed E-state index contributed by atoms with van der Waals surface area (Å²) in [6, 6.07) is 12.7. The average molecular weight is 582 g/mol. The predicted molar refractivity (Wildman–Crippen MR) is 146 cm³/mol. The first kappa shape index (κ1) is 28.7. The predicted octanol–water partition coefficient (Wildman–Crippen LogP) is 2.62. The Morgan fingerprint density at radius 1 is 1.00 bits per heavy atom. The number of likely N-dealkylation sites (tertiary alicyclic amines) is 1. The van der Waals surface area contributed by atoms with Gasteiger partial charge >= 0.3 is 0 Å². The van der Waals surface area contributed by atoms with Crippen LogP contribution in [0.5, 0.6) is 23.0 Å². The number of nitrogens with zero attached hydrogens (tertiary/aromatic N) is 1. The molecule has 10 nitrogen and oxygen atoms in total. The number of benzene rings is 3. The molecule has 0 radical (unpaired) electrons. The van der Waals surface area contributed by atoms with Crippen LogP contribution >= 0.6 is 0 Å². The molecule has 3 aromatic carbocycles. The minimum absolute atomic E-state index is 0.0600. The molecule has 42 heavy (non-hydrogen) atoms. The Bertz CT molecular complexity index is 1520. The van der Waals surface area contributed by atoms with Crippen LogP contribution in [0, 0.1) is 11.6 Å². The number of amides is 3. The van der Waals surface area contributed by atoms with E-state index < -0.39 is 35.6 Å². The number of halogens is 2. The van der Waals surface area contributed by atoms with Crippen LogP contribution in [0.25, 0.3) is 0 Å². The zero-order chi connectivity index (χ0) is 29.8. The van der Waals surface area contributed by atoms with E-state index in [-0.39, 0.29) is 55.4 Å². The molecule has 2 atom stereocenters. The summed E-state index contributed by atoms with van der Waals surface area (Å²) in [5, 5.41) is 5.68. The number of ether oxygens (including phenoxy) is 4. The summed E-state index contributed by atoms with van der Waals surface area (Å²) in [6.07, 6.45) is -1.07. The summed E-state index contributed by atoms with van der Waals surface area (Å²) in [6.45, 7) is 0.0115. The smallest absolute Gasteiger partial charge is 0.258 e. The van der Waals surface area contributed by atoms with Crippen molar-refractivity contribution < 1.29 is 42.1 Å². The normalized spacial score (nSPS) is 18.6. The fourth-order valence-corrected chi connectivity index (χ4v) is 4.86. The second kappa shape index (κ2) is 12.3. The molecule has 3 aliphatic rings. The maximum absolute atomic E-state index is 14.3. The van der Waals surface area contributed by atoms with Gasteiger partial charge in [-0.15, -0.1) is 0 Å². The van der Waals surface area contributed by atoms with Crippen molar-refractivity contribution in [3.8, 4) is 23.0 Å². The van der Waals surface area contributed by atoms with Crippen molar-refractivity contribution in [2.45, 2.75) is 25.1 Å². The zero-order valence-corrected chi connectivity index (χ0v) is 22.9. The van der Waals surface area contributed by atoms with Gasteiger partial charge in [-0.3, -0.25) is 14.4 Å². The molecule has 3 aromatic rings. The Balaban J connectivity index is 1.45. The van der Waals surface area contributed by atoms with Crippen LogP contribution in [0.2, 0.25) is 0 Å². The molecular weight excluding hydrogens is 552 g/mol. The van der Waals surface area contributed by atoms with Gasteiger partial charge in [0.05, 0.1) is 33.2 Å². The van der Waals surface area contributed by atoms with E-state index in [0.717, 1.165) is 11.6 Å². The molecule has 0 spiro atoms. The van der Waals surface area contributed by atoms with Crippen LogP contribution in [-0.4, -0.2) is 68.7 Å². The van der Waals surface area contributed by atoms with Crippen LogP contribution in [-0.2, 0) is 22.6 Å². The number of hydrogen-bond acceptors (Lipinski definition) is 7. The lowest BCUT2D eigenvalue weighted by Crippen LogP contribution is -2.45. The number of fused-ring (bicyclic) bond motifs is 7. The van der Waals surface area contributed by atoms with Crippen molar-refractivity contribution in [3.63, 3.8) is 0 Å². The maximum atomic E-state index is 14.3. The fourth-order valence-electron chi connectivity index (χ4n) is 4.86. The van der Waals surface area contributed by atoms with Crippen LogP contribution in [0.1, 0.15) is 21.5 Å². The first-order chi connectivity index (χ1) is 20.2. The van der Waals surface area contributed by atoms with E-state index in [9.17, 15) is 23.2 Å². The number of rotatable bonds is 4. The van der Waals surface area contributed by atoms with E-state index in [1.807, 2.05) is 0 Å². The van der Waals surface area contributed by atoms with E-state index in [1.54, 1.807) is 24.3 Å². The van der Waals surface area contributed by atoms with Crippen LogP contribution in [0.15, 0.2) is 54.6 Å². The maximum Gasteiger partial charge on any atom is 0.258 e. The average Bonchev–Trinajstić information content (AvgIpc) is 3.39. The van der Waals surface area contributed by atoms with Gasteiger partial charge in [0.2, 0.25) is 5.91 Å². The minimum atomic E-state index is -1.07. The molecule has 0 saturated carbocycles. The molecule has 1 saturated heterocycles. The quantitative estimate of drug-likeness (QED) is 0.487. The standard InChI is InChI=1S/C30H29F2N3O7/c1-39-22-9-7-19-11-25(22)41-16-27(36)33-13-17-6-8-23(24(10-17)40-2)42-26-15-35(14-21(26)34-30(19)38)28(37)12-18-4-3-5-20(31)29(18)32/h3-11,21,26H,12-16H2,1-2H3,(H,33,36)(H,34,38)/t21-,26-/m0/s1. The second-order valence-electron chi connectivity index (χ2n) is 9.84. The van der Waals surface area contributed by atoms with Gasteiger partial charge in [-0.25, -0.2) is 8.78 Å². The highest BCUT2D eigenvalue weighted by Crippen LogP contribution is 2.32. The highest BCUT2D eigenvalue weighted by atomic mass is 19.2. The number of carbonyl (C=O) groups excluding carboxylic acids is 3. The topological polar surface area (TPSA) is 115 Å². The molecule has 0 aliphatic carbocycles. The number of nitrogens with one attached hydrogen (secondary N) is 2. The van der Waals surface area contributed by atoms with Crippen molar-refractivity contribution in [1.82, 2.24) is 15.5 Å². The third-order valence-electron chi connectivity index (χ3n) is 7.09. The first-order valence-electron chi connectivity index (χ1n) is 13.2. The Morgan fingerprint density at radius 2 is 1.81 bits per heavy atom. The van der Waals surface area contributed by atoms with Crippen molar-refractivity contribution in [1.29, 1.82) is 0 Å². The molecule has 3 heterocycles. The van der Waals surface area contributed by atoms with Gasteiger partial charge in [-0.2, -0.15) is 0 Å². The summed E-state index contributed by atoms with van der Waals surface area (Å²) in [5.41, 5.74) is 0.894. The SMILES string of the molecule is COc1ccc2cc1OCC(=O)NCc1ccc(c(OC)c1)O[C@H]1CN(C(=O)Cc3cccc(F)c3F)C[C@@H]1NC2=O. The Kier molecular flexibility index (Phi) is 8.41. The lowest BCUT2D eigenvalue weighted by atomic mass is 10.1. The fraction of sp³-hybridized carbons (Fsp3) is 0.300. The Labute approximate surface area is 240 Å². The van der Waals surface area contributed by atoms with Crippen LogP contribution < -0.4 is 29.6 Å². The third-order valence-corrected chi connectivity index (χ3v) is 7.09. The number of carbonyl (C=O) groups is 3. The zero-order valence-electron chi connectivity index (χ0n) is 22.9. The van der Waals surface area contributed by atoms with E-state index in [2.05, 4.69) is 10.6 Å². The first-order valence-corrected chi connectivity index (χ1v) is 13.2. The summed E-state index contributed by atoms with van der Waals surface area (Å²) in [7, 11) is 2.91. The molecule has 0 aromatic heterocycles. The van der Waals surface area contributed by atoms with Gasteiger partial charge in [-0.05, 0) is 42.0 Å². The summed E-state index contributed by atoms with van der Waals surface area (Å²) < 4.78 is 50.8. The monoisotopic (exact) mass is 581 g/mol. The molecule has 220 valence electrons. The number of hydrogen-bond donors (Lipinski definition) is 2. The highest BCUT2D eigenvalue weighted by Gasteiger charge is 2.38. The molecular formula is C30H29F2N3O7. The van der Waals surface area contributed by atoms with Crippen LogP contribution in [0.4, 0.5) is 8.78 Å². The van der Waals surface area contributed by atoms with Gasteiger partial charge in [0.1, 0.15) is 6.10 Å². The van der Waals surface area contributed by atoms with E-state index in [1.165, 1.54) is 43.4 Å². The molecule has 1 fully saturated rings. The molecule has 0 unspecified atom stereocenters. The van der Waals surface area contributed by atoms with Crippen LogP contribution in [0.3, 0.4) is 0 Å². The van der Waals surface area contributed by atoms with E-state index in [4.69, 9.17) is 18.9 Å². The Morgan fingerprint density at radius 3 is 2.60 bits per heavy atom. The van der Waals surface area contributed by atoms with Gasteiger partial charge in [0.15, 0.2) is 41.2 Å². The molecule has 3 aliphatic heterocycles. The van der Waals surface area contributed by atoms with Gasteiger partial charge in [0.25, 0.3) is 11.8 Å². The van der Waals surface area contributed by atoms with Crippen molar-refractivity contribution in [2.75, 3.05) is 33.9 Å². The van der Waals surface area contributed by atoms with Gasteiger partial charge < -0.3 is 34.5 Å². The Hall–Kier alpha value is -4.87. The number of methoxy groups -OCH3 is 2. The van der Waals surface area contributed by atoms with E-state index >= 15 is 0 Å². The van der Waals surface area contributed by atoms with Gasteiger partial charge in [0, 0.05) is 24.2 Å². The minimum Gasteiger partial charge on any atom is -0.493 e. The molecule has 4 bridgehead atoms. The van der Waals surface area contributed by atoms with Gasteiger partial charge in [-0.1, -0.05) is 18.2 Å².